The average molecular weight is 210 g/mol. The minimum atomic E-state index is -0.185. The molecule has 2 N–H and O–H groups in total. The Labute approximate surface area is 90.4 Å². The van der Waals surface area contributed by atoms with E-state index in [0.717, 1.165) is 13.0 Å². The SMILES string of the molecule is CCCN(C)C(=N)/N=C\C=C\C(=O)NC. The molecule has 0 aliphatic rings. The Morgan fingerprint density at radius 3 is 2.80 bits per heavy atom. The first-order valence-corrected chi connectivity index (χ1v) is 4.84. The van der Waals surface area contributed by atoms with Gasteiger partial charge in [-0.1, -0.05) is 6.92 Å². The van der Waals surface area contributed by atoms with Crippen LogP contribution in [0.4, 0.5) is 0 Å². The quantitative estimate of drug-likeness (QED) is 0.406. The van der Waals surface area contributed by atoms with Crippen molar-refractivity contribution >= 4 is 18.1 Å². The Morgan fingerprint density at radius 2 is 2.27 bits per heavy atom. The molecule has 0 bridgehead atoms. The van der Waals surface area contributed by atoms with E-state index in [-0.39, 0.29) is 11.9 Å². The summed E-state index contributed by atoms with van der Waals surface area (Å²) in [6.07, 6.45) is 5.27. The Morgan fingerprint density at radius 1 is 1.60 bits per heavy atom. The summed E-state index contributed by atoms with van der Waals surface area (Å²) in [4.78, 5) is 16.4. The third-order valence-electron chi connectivity index (χ3n) is 1.70. The Bertz CT molecular complexity index is 271. The van der Waals surface area contributed by atoms with Gasteiger partial charge in [0.25, 0.3) is 0 Å². The second-order valence-corrected chi connectivity index (χ2v) is 3.00. The highest BCUT2D eigenvalue weighted by molar-refractivity contribution is 5.94. The van der Waals surface area contributed by atoms with Crippen LogP contribution in [0.2, 0.25) is 0 Å². The molecule has 0 radical (unpaired) electrons. The molecule has 1 amide bonds. The molecule has 84 valence electrons. The summed E-state index contributed by atoms with van der Waals surface area (Å²) in [7, 11) is 3.37. The molecule has 0 aromatic heterocycles. The van der Waals surface area contributed by atoms with E-state index in [1.807, 2.05) is 14.0 Å². The lowest BCUT2D eigenvalue weighted by molar-refractivity contribution is -0.116. The monoisotopic (exact) mass is 210 g/mol. The van der Waals surface area contributed by atoms with Gasteiger partial charge in [0.2, 0.25) is 11.9 Å². The number of aliphatic imine (C=N–C) groups is 1. The minimum absolute atomic E-state index is 0.185. The highest BCUT2D eigenvalue weighted by atomic mass is 16.1. The van der Waals surface area contributed by atoms with Crippen LogP contribution in [0.1, 0.15) is 13.3 Å². The van der Waals surface area contributed by atoms with Crippen molar-refractivity contribution in [1.82, 2.24) is 10.2 Å². The number of nitrogens with zero attached hydrogens (tertiary/aromatic N) is 2. The molecular formula is C10H18N4O. The number of hydrogen-bond donors (Lipinski definition) is 2. The summed E-state index contributed by atoms with van der Waals surface area (Å²) in [5.41, 5.74) is 0. The summed E-state index contributed by atoms with van der Waals surface area (Å²) in [6, 6.07) is 0. The van der Waals surface area contributed by atoms with Crippen LogP contribution in [-0.4, -0.2) is 43.6 Å². The maximum absolute atomic E-state index is 10.8. The molecule has 0 aromatic carbocycles. The van der Waals surface area contributed by atoms with Gasteiger partial charge in [0, 0.05) is 32.9 Å². The van der Waals surface area contributed by atoms with Gasteiger partial charge in [-0.3, -0.25) is 10.2 Å². The number of likely N-dealkylation sites (N-methyl/N-ethyl adjacent to an activating group) is 1. The molecule has 15 heavy (non-hydrogen) atoms. The highest BCUT2D eigenvalue weighted by Gasteiger charge is 1.98. The number of hydrogen-bond acceptors (Lipinski definition) is 2. The number of carbonyl (C=O) groups is 1. The number of amides is 1. The summed E-state index contributed by atoms with van der Waals surface area (Å²) in [5.74, 6) is 0.00769. The molecule has 0 aliphatic carbocycles. The zero-order chi connectivity index (χ0) is 11.7. The van der Waals surface area contributed by atoms with E-state index in [2.05, 4.69) is 10.3 Å². The molecule has 5 heteroatoms. The number of allylic oxidation sites excluding steroid dienone is 1. The van der Waals surface area contributed by atoms with Crippen molar-refractivity contribution in [1.29, 1.82) is 5.41 Å². The lowest BCUT2D eigenvalue weighted by Crippen LogP contribution is -2.24. The van der Waals surface area contributed by atoms with E-state index in [4.69, 9.17) is 5.41 Å². The standard InChI is InChI=1S/C10H18N4O/c1-4-8-14(3)10(11)13-7-5-6-9(15)12-2/h5-7,11H,4,8H2,1-3H3,(H,12,15)/b6-5+,11-10?,13-7-. The fourth-order valence-corrected chi connectivity index (χ4v) is 0.867. The Balaban J connectivity index is 4.01. The first-order valence-electron chi connectivity index (χ1n) is 4.84. The largest absolute Gasteiger partial charge is 0.356 e. The molecule has 0 aromatic rings. The Kier molecular flexibility index (Phi) is 6.88. The van der Waals surface area contributed by atoms with Gasteiger partial charge >= 0.3 is 0 Å². The maximum atomic E-state index is 10.8. The molecule has 0 spiro atoms. The van der Waals surface area contributed by atoms with Crippen molar-refractivity contribution < 1.29 is 4.79 Å². The normalized spacial score (nSPS) is 10.9. The first-order chi connectivity index (χ1) is 7.11. The fraction of sp³-hybridized carbons (Fsp3) is 0.500. The van der Waals surface area contributed by atoms with Gasteiger partial charge < -0.3 is 10.2 Å². The van der Waals surface area contributed by atoms with Crippen LogP contribution in [0.5, 0.6) is 0 Å². The van der Waals surface area contributed by atoms with E-state index >= 15 is 0 Å². The summed E-state index contributed by atoms with van der Waals surface area (Å²) in [6.45, 7) is 2.84. The number of nitrogens with one attached hydrogen (secondary N) is 2. The molecule has 5 nitrogen and oxygen atoms in total. The van der Waals surface area contributed by atoms with Crippen molar-refractivity contribution in [3.05, 3.63) is 12.2 Å². The van der Waals surface area contributed by atoms with Gasteiger partial charge in [0.1, 0.15) is 0 Å². The van der Waals surface area contributed by atoms with Gasteiger partial charge in [-0.2, -0.15) is 0 Å². The van der Waals surface area contributed by atoms with Crippen molar-refractivity contribution in [2.45, 2.75) is 13.3 Å². The van der Waals surface area contributed by atoms with Crippen molar-refractivity contribution in [3.8, 4) is 0 Å². The predicted octanol–water partition coefficient (Wildman–Crippen LogP) is 0.636. The zero-order valence-electron chi connectivity index (χ0n) is 9.45. The van der Waals surface area contributed by atoms with Gasteiger partial charge in [-0.25, -0.2) is 4.99 Å². The molecule has 0 saturated carbocycles. The molecule has 0 fully saturated rings. The first kappa shape index (κ1) is 13.4. The maximum Gasteiger partial charge on any atom is 0.243 e. The summed E-state index contributed by atoms with van der Waals surface area (Å²) >= 11 is 0. The third-order valence-corrected chi connectivity index (χ3v) is 1.70. The summed E-state index contributed by atoms with van der Waals surface area (Å²) < 4.78 is 0. The number of guanidine groups is 1. The van der Waals surface area contributed by atoms with E-state index < -0.39 is 0 Å². The van der Waals surface area contributed by atoms with Crippen LogP contribution in [0.25, 0.3) is 0 Å². The van der Waals surface area contributed by atoms with Crippen LogP contribution in [0.3, 0.4) is 0 Å². The van der Waals surface area contributed by atoms with Gasteiger partial charge in [-0.05, 0) is 12.5 Å². The molecular weight excluding hydrogens is 192 g/mol. The topological polar surface area (TPSA) is 68.5 Å². The number of rotatable bonds is 4. The second kappa shape index (κ2) is 7.73. The lowest BCUT2D eigenvalue weighted by atomic mass is 10.4. The Hall–Kier alpha value is -1.65. The van der Waals surface area contributed by atoms with E-state index in [9.17, 15) is 4.79 Å². The lowest BCUT2D eigenvalue weighted by Gasteiger charge is -2.14. The second-order valence-electron chi connectivity index (χ2n) is 3.00. The van der Waals surface area contributed by atoms with Gasteiger partial charge in [-0.15, -0.1) is 0 Å². The average Bonchev–Trinajstić information content (AvgIpc) is 2.23. The van der Waals surface area contributed by atoms with Crippen LogP contribution in [-0.2, 0) is 4.79 Å². The van der Waals surface area contributed by atoms with Crippen LogP contribution in [0, 0.1) is 5.41 Å². The fourth-order valence-electron chi connectivity index (χ4n) is 0.867. The van der Waals surface area contributed by atoms with E-state index in [1.54, 1.807) is 11.9 Å². The van der Waals surface area contributed by atoms with Crippen molar-refractivity contribution in [3.63, 3.8) is 0 Å². The molecule has 0 aliphatic heterocycles. The zero-order valence-corrected chi connectivity index (χ0v) is 9.45. The molecule has 0 atom stereocenters. The molecule has 0 rings (SSSR count). The minimum Gasteiger partial charge on any atom is -0.356 e. The van der Waals surface area contributed by atoms with Crippen molar-refractivity contribution in [2.24, 2.45) is 4.99 Å². The van der Waals surface area contributed by atoms with Gasteiger partial charge in [0.15, 0.2) is 0 Å². The van der Waals surface area contributed by atoms with E-state index in [0.29, 0.717) is 0 Å². The van der Waals surface area contributed by atoms with Crippen molar-refractivity contribution in [2.75, 3.05) is 20.6 Å². The predicted molar refractivity (Wildman–Crippen MR) is 62.3 cm³/mol. The molecule has 0 heterocycles. The molecule has 0 unspecified atom stereocenters. The van der Waals surface area contributed by atoms with Crippen LogP contribution < -0.4 is 5.32 Å². The third kappa shape index (κ3) is 6.42. The van der Waals surface area contributed by atoms with Crippen LogP contribution >= 0.6 is 0 Å². The van der Waals surface area contributed by atoms with E-state index in [1.165, 1.54) is 18.4 Å². The van der Waals surface area contributed by atoms with Crippen LogP contribution in [0.15, 0.2) is 17.1 Å². The number of carbonyl (C=O) groups excluding carboxylic acids is 1. The smallest absolute Gasteiger partial charge is 0.243 e. The van der Waals surface area contributed by atoms with Gasteiger partial charge in [0.05, 0.1) is 0 Å². The molecule has 0 saturated heterocycles. The highest BCUT2D eigenvalue weighted by Crippen LogP contribution is 1.88. The summed E-state index contributed by atoms with van der Waals surface area (Å²) in [5, 5.41) is 9.97.